The minimum absolute atomic E-state index is 1.07. The maximum absolute atomic E-state index is 5.09. The van der Waals surface area contributed by atoms with Crippen LogP contribution in [0.5, 0.6) is 0 Å². The molecular formula is C60H48N2S2Si2. The van der Waals surface area contributed by atoms with Crippen molar-refractivity contribution in [2.24, 2.45) is 0 Å². The smallest absolute Gasteiger partial charge is 0.124 e. The molecule has 66 heavy (non-hydrogen) atoms. The van der Waals surface area contributed by atoms with Gasteiger partial charge in [-0.2, -0.15) is 0 Å². The number of nitrogens with zero attached hydrogens (tertiary/aromatic N) is 2. The van der Waals surface area contributed by atoms with Crippen LogP contribution in [0.4, 0.5) is 0 Å². The molecule has 0 aliphatic heterocycles. The third-order valence-corrected chi connectivity index (χ3v) is 19.7. The molecule has 2 aromatic heterocycles. The fourth-order valence-corrected chi connectivity index (χ4v) is 14.6. The molecular weight excluding hydrogens is 869 g/mol. The van der Waals surface area contributed by atoms with E-state index < -0.39 is 16.1 Å². The van der Waals surface area contributed by atoms with Gasteiger partial charge in [0.1, 0.15) is 10.0 Å². The second kappa shape index (κ2) is 15.5. The lowest BCUT2D eigenvalue weighted by atomic mass is 9.81. The first kappa shape index (κ1) is 40.9. The molecule has 12 aromatic rings. The standard InChI is InChI=1S/C60H48N2S2Si2/c1-65(2,3)41-31-33-51-53(35-41)63-59(61-51)39-27-23-37(24-28-39)55-43-15-7-11-19-47(43)57(48-20-12-8-16-44(48)55)58-49-21-13-9-17-45(49)56(46-18-10-14-22-50(46)58)38-25-29-40(30-26-38)60-62-52-34-32-42(66(4,5)6)36-54(52)64-60/h7-36H,1-6H3. The Bertz CT molecular complexity index is 3520. The van der Waals surface area contributed by atoms with Crippen LogP contribution in [0.2, 0.25) is 39.3 Å². The van der Waals surface area contributed by atoms with E-state index in [4.69, 9.17) is 9.97 Å². The molecule has 6 heteroatoms. The number of thiazole rings is 2. The maximum atomic E-state index is 5.09. The summed E-state index contributed by atoms with van der Waals surface area (Å²) >= 11 is 3.60. The van der Waals surface area contributed by atoms with Crippen molar-refractivity contribution in [2.45, 2.75) is 39.3 Å². The largest absolute Gasteiger partial charge is 0.236 e. The van der Waals surface area contributed by atoms with Crippen LogP contribution in [-0.4, -0.2) is 26.1 Å². The Balaban J connectivity index is 1.00. The molecule has 0 radical (unpaired) electrons. The molecule has 12 rings (SSSR count). The molecule has 0 saturated heterocycles. The molecule has 0 unspecified atom stereocenters. The van der Waals surface area contributed by atoms with E-state index in [0.717, 1.165) is 32.2 Å². The summed E-state index contributed by atoms with van der Waals surface area (Å²) in [6, 6.07) is 68.1. The first-order valence-corrected chi connectivity index (χ1v) is 31.5. The van der Waals surface area contributed by atoms with Gasteiger partial charge in [0.2, 0.25) is 0 Å². The molecule has 0 amide bonds. The highest BCUT2D eigenvalue weighted by Crippen LogP contribution is 2.50. The number of hydrogen-bond acceptors (Lipinski definition) is 4. The predicted molar refractivity (Wildman–Crippen MR) is 296 cm³/mol. The Labute approximate surface area is 395 Å². The van der Waals surface area contributed by atoms with Crippen LogP contribution >= 0.6 is 22.7 Å². The highest BCUT2D eigenvalue weighted by Gasteiger charge is 2.24. The minimum Gasteiger partial charge on any atom is -0.236 e. The van der Waals surface area contributed by atoms with E-state index in [1.54, 1.807) is 22.7 Å². The zero-order valence-corrected chi connectivity index (χ0v) is 41.7. The zero-order valence-electron chi connectivity index (χ0n) is 38.0. The van der Waals surface area contributed by atoms with E-state index in [-0.39, 0.29) is 0 Å². The average Bonchev–Trinajstić information content (AvgIpc) is 3.97. The Morgan fingerprint density at radius 3 is 0.864 bits per heavy atom. The molecule has 0 bridgehead atoms. The van der Waals surface area contributed by atoms with E-state index in [0.29, 0.717) is 0 Å². The van der Waals surface area contributed by atoms with Crippen LogP contribution in [-0.2, 0) is 0 Å². The Hall–Kier alpha value is -6.55. The van der Waals surface area contributed by atoms with Crippen molar-refractivity contribution in [2.75, 3.05) is 0 Å². The Kier molecular flexibility index (Phi) is 9.63. The van der Waals surface area contributed by atoms with Crippen molar-refractivity contribution in [3.8, 4) is 54.5 Å². The summed E-state index contributed by atoms with van der Waals surface area (Å²) in [5.41, 5.74) is 11.9. The molecule has 0 N–H and O–H groups in total. The van der Waals surface area contributed by atoms with Gasteiger partial charge in [-0.3, -0.25) is 0 Å². The van der Waals surface area contributed by atoms with Gasteiger partial charge in [-0.1, -0.05) is 207 Å². The second-order valence-corrected chi connectivity index (χ2v) is 32.0. The van der Waals surface area contributed by atoms with Gasteiger partial charge in [0.05, 0.1) is 36.6 Å². The van der Waals surface area contributed by atoms with Gasteiger partial charge in [0.25, 0.3) is 0 Å². The Morgan fingerprint density at radius 2 is 0.576 bits per heavy atom. The highest BCUT2D eigenvalue weighted by atomic mass is 32.1. The summed E-state index contributed by atoms with van der Waals surface area (Å²) in [6.07, 6.45) is 0. The quantitative estimate of drug-likeness (QED) is 0.118. The molecule has 0 aliphatic carbocycles. The monoisotopic (exact) mass is 916 g/mol. The van der Waals surface area contributed by atoms with E-state index >= 15 is 0 Å². The fraction of sp³-hybridized carbons (Fsp3) is 0.100. The van der Waals surface area contributed by atoms with E-state index in [2.05, 4.69) is 221 Å². The van der Waals surface area contributed by atoms with Crippen molar-refractivity contribution < 1.29 is 0 Å². The van der Waals surface area contributed by atoms with Gasteiger partial charge in [0.15, 0.2) is 0 Å². The van der Waals surface area contributed by atoms with Crippen molar-refractivity contribution in [3.63, 3.8) is 0 Å². The molecule has 2 nitrogen and oxygen atoms in total. The normalized spacial score (nSPS) is 12.4. The summed E-state index contributed by atoms with van der Waals surface area (Å²) in [6.45, 7) is 14.4. The van der Waals surface area contributed by atoms with Crippen LogP contribution in [0.1, 0.15) is 0 Å². The van der Waals surface area contributed by atoms with Gasteiger partial charge < -0.3 is 0 Å². The third-order valence-electron chi connectivity index (χ3n) is 13.5. The number of rotatable bonds is 7. The van der Waals surface area contributed by atoms with Gasteiger partial charge in [-0.15, -0.1) is 22.7 Å². The minimum atomic E-state index is -1.42. The molecule has 0 atom stereocenters. The SMILES string of the molecule is C[Si](C)(C)c1ccc2nc(-c3ccc(-c4c5ccccc5c(-c5c6ccccc6c(-c6ccc(-c7nc8ccc([Si](C)(C)C)cc8s7)cc6)c6ccccc56)c5ccccc45)cc3)sc2c1. The van der Waals surface area contributed by atoms with Crippen LogP contribution in [0.3, 0.4) is 0 Å². The number of hydrogen-bond donors (Lipinski definition) is 0. The molecule has 2 heterocycles. The highest BCUT2D eigenvalue weighted by molar-refractivity contribution is 7.22. The predicted octanol–water partition coefficient (Wildman–Crippen LogP) is 16.9. The third kappa shape index (κ3) is 6.85. The van der Waals surface area contributed by atoms with Crippen molar-refractivity contribution in [3.05, 3.63) is 182 Å². The lowest BCUT2D eigenvalue weighted by molar-refractivity contribution is 1.48. The summed E-state index contributed by atoms with van der Waals surface area (Å²) < 4.78 is 2.53. The maximum Gasteiger partial charge on any atom is 0.124 e. The topological polar surface area (TPSA) is 25.8 Å². The Morgan fingerprint density at radius 1 is 0.303 bits per heavy atom. The number of fused-ring (bicyclic) bond motifs is 6. The van der Waals surface area contributed by atoms with Crippen molar-refractivity contribution in [1.82, 2.24) is 9.97 Å². The second-order valence-electron chi connectivity index (χ2n) is 19.7. The number of benzene rings is 10. The summed E-state index contributed by atoms with van der Waals surface area (Å²) in [5, 5.41) is 15.1. The van der Waals surface area contributed by atoms with E-state index in [9.17, 15) is 0 Å². The molecule has 0 saturated carbocycles. The lowest BCUT2D eigenvalue weighted by Crippen LogP contribution is -2.37. The van der Waals surface area contributed by atoms with Gasteiger partial charge in [-0.05, 0) is 101 Å². The molecule has 0 spiro atoms. The molecule has 0 aliphatic rings. The average molecular weight is 917 g/mol. The van der Waals surface area contributed by atoms with Crippen LogP contribution in [0, 0.1) is 0 Å². The number of aromatic nitrogens is 2. The van der Waals surface area contributed by atoms with Crippen LogP contribution in [0.15, 0.2) is 182 Å². The summed E-state index contributed by atoms with van der Waals surface area (Å²) in [5.74, 6) is 0. The van der Waals surface area contributed by atoms with Gasteiger partial charge in [0, 0.05) is 11.1 Å². The summed E-state index contributed by atoms with van der Waals surface area (Å²) in [7, 11) is -2.85. The molecule has 0 fully saturated rings. The van der Waals surface area contributed by atoms with Gasteiger partial charge in [-0.25, -0.2) is 9.97 Å². The fourth-order valence-electron chi connectivity index (χ4n) is 10.0. The van der Waals surface area contributed by atoms with Crippen LogP contribution in [0.25, 0.3) is 118 Å². The van der Waals surface area contributed by atoms with Crippen LogP contribution < -0.4 is 10.4 Å². The first-order valence-electron chi connectivity index (χ1n) is 22.9. The van der Waals surface area contributed by atoms with E-state index in [1.165, 1.54) is 96.2 Å². The van der Waals surface area contributed by atoms with Gasteiger partial charge >= 0.3 is 0 Å². The van der Waals surface area contributed by atoms with Crippen molar-refractivity contribution >= 4 is 113 Å². The summed E-state index contributed by atoms with van der Waals surface area (Å²) in [4.78, 5) is 10.2. The molecule has 318 valence electrons. The van der Waals surface area contributed by atoms with E-state index in [1.807, 2.05) is 0 Å². The lowest BCUT2D eigenvalue weighted by Gasteiger charge is -2.22. The zero-order chi connectivity index (χ0) is 44.9. The first-order chi connectivity index (χ1) is 32.0. The molecule has 10 aromatic carbocycles. The van der Waals surface area contributed by atoms with Crippen molar-refractivity contribution in [1.29, 1.82) is 0 Å².